The third-order valence-corrected chi connectivity index (χ3v) is 4.96. The lowest BCUT2D eigenvalue weighted by Gasteiger charge is -2.11. The molecule has 2 aromatic carbocycles. The Morgan fingerprint density at radius 3 is 1.17 bits per heavy atom. The molecule has 0 radical (unpaired) electrons. The van der Waals surface area contributed by atoms with Crippen molar-refractivity contribution in [3.63, 3.8) is 0 Å². The van der Waals surface area contributed by atoms with Crippen LogP contribution in [0, 0.1) is 0 Å². The summed E-state index contributed by atoms with van der Waals surface area (Å²) in [5.41, 5.74) is 2.72. The molecule has 0 bridgehead atoms. The molecule has 0 saturated carbocycles. The van der Waals surface area contributed by atoms with Gasteiger partial charge in [0, 0.05) is 44.7 Å². The maximum Gasteiger partial charge on any atom is 0.0514 e. The fourth-order valence-electron chi connectivity index (χ4n) is 2.35. The van der Waals surface area contributed by atoms with E-state index in [-0.39, 0.29) is 0 Å². The second-order valence-corrected chi connectivity index (χ2v) is 7.45. The van der Waals surface area contributed by atoms with E-state index in [1.165, 1.54) is 0 Å². The minimum atomic E-state index is 0.430. The molecule has 0 fully saturated rings. The van der Waals surface area contributed by atoms with Crippen LogP contribution >= 0.6 is 69.6 Å². The van der Waals surface area contributed by atoms with Crippen LogP contribution in [0.4, 0.5) is 0 Å². The molecule has 0 aliphatic rings. The van der Waals surface area contributed by atoms with Crippen molar-refractivity contribution in [2.75, 3.05) is 0 Å². The molecule has 0 amide bonds. The highest BCUT2D eigenvalue weighted by atomic mass is 35.5. The largest absolute Gasteiger partial charge is 0.263 e. The van der Waals surface area contributed by atoms with Gasteiger partial charge in [-0.05, 0) is 30.3 Å². The van der Waals surface area contributed by atoms with Crippen LogP contribution in [0.2, 0.25) is 30.1 Å². The van der Waals surface area contributed by atoms with E-state index in [1.54, 1.807) is 36.7 Å². The number of aromatic nitrogens is 1. The van der Waals surface area contributed by atoms with Crippen molar-refractivity contribution in [2.24, 2.45) is 0 Å². The van der Waals surface area contributed by atoms with Crippen LogP contribution < -0.4 is 0 Å². The first-order valence-electron chi connectivity index (χ1n) is 6.61. The molecule has 0 spiro atoms. The first-order chi connectivity index (χ1) is 11.4. The lowest BCUT2D eigenvalue weighted by Crippen LogP contribution is -1.88. The van der Waals surface area contributed by atoms with Gasteiger partial charge in [-0.1, -0.05) is 69.6 Å². The third kappa shape index (κ3) is 3.62. The van der Waals surface area contributed by atoms with E-state index in [1.807, 2.05) is 6.07 Å². The molecule has 0 aliphatic carbocycles. The van der Waals surface area contributed by atoms with Gasteiger partial charge in [0.1, 0.15) is 0 Å². The van der Waals surface area contributed by atoms with Crippen molar-refractivity contribution in [1.82, 2.24) is 4.98 Å². The average Bonchev–Trinajstić information content (AvgIpc) is 2.45. The number of hydrogen-bond acceptors (Lipinski definition) is 1. The van der Waals surface area contributed by atoms with Gasteiger partial charge >= 0.3 is 0 Å². The van der Waals surface area contributed by atoms with E-state index in [9.17, 15) is 0 Å². The lowest BCUT2D eigenvalue weighted by molar-refractivity contribution is 1.33. The van der Waals surface area contributed by atoms with Crippen LogP contribution in [0.5, 0.6) is 0 Å². The number of benzene rings is 2. The van der Waals surface area contributed by atoms with Gasteiger partial charge in [-0.3, -0.25) is 4.98 Å². The van der Waals surface area contributed by atoms with Gasteiger partial charge in [0.2, 0.25) is 0 Å². The van der Waals surface area contributed by atoms with Crippen molar-refractivity contribution in [3.8, 4) is 22.3 Å². The number of pyridine rings is 1. The fraction of sp³-hybridized carbons (Fsp3) is 0. The predicted octanol–water partition coefficient (Wildman–Crippen LogP) is 8.34. The summed E-state index contributed by atoms with van der Waals surface area (Å²) in [7, 11) is 0. The van der Waals surface area contributed by atoms with Gasteiger partial charge < -0.3 is 0 Å². The maximum absolute atomic E-state index is 6.28. The van der Waals surface area contributed by atoms with Gasteiger partial charge in [-0.25, -0.2) is 0 Å². The van der Waals surface area contributed by atoms with Crippen molar-refractivity contribution in [3.05, 3.63) is 72.9 Å². The highest BCUT2D eigenvalue weighted by molar-refractivity contribution is 6.43. The van der Waals surface area contributed by atoms with Crippen molar-refractivity contribution >= 4 is 69.6 Å². The van der Waals surface area contributed by atoms with Crippen LogP contribution in [0.25, 0.3) is 22.3 Å². The quantitative estimate of drug-likeness (QED) is 0.392. The average molecular weight is 438 g/mol. The molecule has 122 valence electrons. The SMILES string of the molecule is Clc1cc(Cl)c(-c2cncc(-c3c(Cl)cc(Cl)cc3Cl)c2)c(Cl)c1. The Hall–Kier alpha value is -0.670. The number of halogens is 6. The van der Waals surface area contributed by atoms with Gasteiger partial charge in [-0.15, -0.1) is 0 Å². The van der Waals surface area contributed by atoms with E-state index >= 15 is 0 Å². The fourth-order valence-corrected chi connectivity index (χ4v) is 4.42. The van der Waals surface area contributed by atoms with E-state index < -0.39 is 0 Å². The molecular weight excluding hydrogens is 431 g/mol. The smallest absolute Gasteiger partial charge is 0.0514 e. The minimum Gasteiger partial charge on any atom is -0.263 e. The second-order valence-electron chi connectivity index (χ2n) is 4.95. The molecule has 1 nitrogen and oxygen atoms in total. The van der Waals surface area contributed by atoms with Gasteiger partial charge in [0.15, 0.2) is 0 Å². The molecule has 7 heteroatoms. The topological polar surface area (TPSA) is 12.9 Å². The molecule has 0 N–H and O–H groups in total. The molecule has 0 saturated heterocycles. The van der Waals surface area contributed by atoms with Crippen molar-refractivity contribution < 1.29 is 0 Å². The Kier molecular flexibility index (Phi) is 5.51. The van der Waals surface area contributed by atoms with E-state index in [2.05, 4.69) is 4.98 Å². The minimum absolute atomic E-state index is 0.430. The first kappa shape index (κ1) is 18.1. The molecule has 1 aromatic heterocycles. The summed E-state index contributed by atoms with van der Waals surface area (Å²) in [5, 5.41) is 2.64. The summed E-state index contributed by atoms with van der Waals surface area (Å²) >= 11 is 37.1. The molecule has 3 rings (SSSR count). The molecule has 24 heavy (non-hydrogen) atoms. The number of hydrogen-bond donors (Lipinski definition) is 0. The van der Waals surface area contributed by atoms with Gasteiger partial charge in [0.05, 0.1) is 20.1 Å². The van der Waals surface area contributed by atoms with Crippen LogP contribution in [0.3, 0.4) is 0 Å². The third-order valence-electron chi connectivity index (χ3n) is 3.33. The molecule has 3 aromatic rings. The Labute approximate surface area is 169 Å². The van der Waals surface area contributed by atoms with E-state index in [0.717, 1.165) is 11.1 Å². The zero-order chi connectivity index (χ0) is 17.4. The Balaban J connectivity index is 2.19. The van der Waals surface area contributed by atoms with Crippen molar-refractivity contribution in [2.45, 2.75) is 0 Å². The molecule has 0 unspecified atom stereocenters. The Morgan fingerprint density at radius 1 is 0.500 bits per heavy atom. The Bertz CT molecular complexity index is 819. The summed E-state index contributed by atoms with van der Waals surface area (Å²) in [6.07, 6.45) is 3.31. The maximum atomic E-state index is 6.28. The predicted molar refractivity (Wildman–Crippen MR) is 105 cm³/mol. The van der Waals surface area contributed by atoms with Gasteiger partial charge in [-0.2, -0.15) is 0 Å². The molecule has 1 heterocycles. The second kappa shape index (κ2) is 7.29. The monoisotopic (exact) mass is 435 g/mol. The first-order valence-corrected chi connectivity index (χ1v) is 8.88. The zero-order valence-electron chi connectivity index (χ0n) is 11.8. The summed E-state index contributed by atoms with van der Waals surface area (Å²) in [4.78, 5) is 4.25. The number of rotatable bonds is 2. The van der Waals surface area contributed by atoms with Crippen LogP contribution in [0.15, 0.2) is 42.7 Å². The van der Waals surface area contributed by atoms with E-state index in [4.69, 9.17) is 69.6 Å². The molecular formula is C17H7Cl6N. The Morgan fingerprint density at radius 2 is 0.833 bits per heavy atom. The van der Waals surface area contributed by atoms with Crippen LogP contribution in [-0.4, -0.2) is 4.98 Å². The van der Waals surface area contributed by atoms with Crippen molar-refractivity contribution in [1.29, 1.82) is 0 Å². The summed E-state index contributed by atoms with van der Waals surface area (Å²) < 4.78 is 0. The lowest BCUT2D eigenvalue weighted by atomic mass is 10.0. The summed E-state index contributed by atoms with van der Waals surface area (Å²) in [6, 6.07) is 8.35. The summed E-state index contributed by atoms with van der Waals surface area (Å²) in [5.74, 6) is 0. The standard InChI is InChI=1S/C17H7Cl6N/c18-10-2-12(20)16(13(21)3-10)8-1-9(7-24-6-8)17-14(22)4-11(19)5-15(17)23/h1-7H. The van der Waals surface area contributed by atoms with E-state index in [0.29, 0.717) is 41.3 Å². The molecule has 0 aliphatic heterocycles. The highest BCUT2D eigenvalue weighted by Crippen LogP contribution is 2.41. The molecule has 0 atom stereocenters. The van der Waals surface area contributed by atoms with Crippen LogP contribution in [-0.2, 0) is 0 Å². The summed E-state index contributed by atoms with van der Waals surface area (Å²) in [6.45, 7) is 0. The normalized spacial score (nSPS) is 10.9. The van der Waals surface area contributed by atoms with Gasteiger partial charge in [0.25, 0.3) is 0 Å². The number of nitrogens with zero attached hydrogens (tertiary/aromatic N) is 1. The highest BCUT2D eigenvalue weighted by Gasteiger charge is 2.15. The van der Waals surface area contributed by atoms with Crippen LogP contribution in [0.1, 0.15) is 0 Å². The zero-order valence-corrected chi connectivity index (χ0v) is 16.3.